The first-order valence-corrected chi connectivity index (χ1v) is 3.78. The van der Waals surface area contributed by atoms with E-state index in [2.05, 4.69) is 11.2 Å². The third kappa shape index (κ3) is 2.33. The summed E-state index contributed by atoms with van der Waals surface area (Å²) in [5, 5.41) is 4.10. The number of hydrazone groups is 1. The molecule has 0 spiro atoms. The van der Waals surface area contributed by atoms with Crippen molar-refractivity contribution in [3.63, 3.8) is 0 Å². The van der Waals surface area contributed by atoms with Gasteiger partial charge in [0, 0.05) is 32.2 Å². The van der Waals surface area contributed by atoms with Crippen molar-refractivity contribution < 1.29 is 24.8 Å². The van der Waals surface area contributed by atoms with E-state index in [0.717, 1.165) is 17.7 Å². The summed E-state index contributed by atoms with van der Waals surface area (Å²) in [5.74, 6) is 0. The van der Waals surface area contributed by atoms with Gasteiger partial charge >= 0.3 is 7.05 Å². The number of hydrogen-bond acceptors (Lipinski definition) is 1. The van der Waals surface area contributed by atoms with Gasteiger partial charge in [-0.05, 0) is 0 Å². The van der Waals surface area contributed by atoms with Crippen LogP contribution in [0.1, 0.15) is 12.0 Å². The molecule has 3 radical (unpaired) electrons. The molecular weight excluding hydrogens is 340 g/mol. The molecule has 2 nitrogen and oxygen atoms in total. The van der Waals surface area contributed by atoms with E-state index in [0.29, 0.717) is 0 Å². The Kier molecular flexibility index (Phi) is 3.52. The van der Waals surface area contributed by atoms with E-state index < -0.39 is 0 Å². The van der Waals surface area contributed by atoms with Crippen molar-refractivity contribution in [2.45, 2.75) is 6.42 Å². The average Bonchev–Trinajstić information content (AvgIpc) is 2.54. The van der Waals surface area contributed by atoms with E-state index in [9.17, 15) is 0 Å². The van der Waals surface area contributed by atoms with Gasteiger partial charge in [0.1, 0.15) is 0 Å². The van der Waals surface area contributed by atoms with Crippen molar-refractivity contribution in [2.24, 2.45) is 5.10 Å². The summed E-state index contributed by atoms with van der Waals surface area (Å²) in [6.07, 6.45) is 2.62. The Morgan fingerprint density at radius 2 is 2.31 bits per heavy atom. The van der Waals surface area contributed by atoms with Gasteiger partial charge < -0.3 is 0 Å². The fraction of sp³-hybridized carbons (Fsp3) is 0.100. The molecule has 0 atom stereocenters. The Balaban J connectivity index is 0.000000845. The maximum atomic E-state index is 5.44. The van der Waals surface area contributed by atoms with Crippen LogP contribution in [0.4, 0.5) is 0 Å². The molecule has 0 aromatic heterocycles. The van der Waals surface area contributed by atoms with Crippen molar-refractivity contribution in [3.05, 3.63) is 42.9 Å². The molecule has 1 heterocycles. The van der Waals surface area contributed by atoms with Crippen LogP contribution in [0.2, 0.25) is 0 Å². The Bertz CT molecular complexity index is 341. The van der Waals surface area contributed by atoms with Crippen LogP contribution in [-0.2, 0) is 20.1 Å². The Morgan fingerprint density at radius 3 is 2.85 bits per heavy atom. The Labute approximate surface area is 91.3 Å². The minimum atomic E-state index is 0. The van der Waals surface area contributed by atoms with Gasteiger partial charge in [-0.15, -0.1) is 35.9 Å². The summed E-state index contributed by atoms with van der Waals surface area (Å²) in [7, 11) is 5.44. The molecule has 0 N–H and O–H groups in total. The van der Waals surface area contributed by atoms with Crippen LogP contribution in [0, 0.1) is 13.1 Å². The molecule has 0 bridgehead atoms. The summed E-state index contributed by atoms with van der Waals surface area (Å²) in [5.41, 5.74) is 1.99. The van der Waals surface area contributed by atoms with E-state index in [1.54, 1.807) is 0 Å². The number of hydrogen-bond donors (Lipinski definition) is 0. The zero-order valence-electron chi connectivity index (χ0n) is 6.90. The van der Waals surface area contributed by atoms with Gasteiger partial charge in [0.05, 0.1) is 0 Å². The first kappa shape index (κ1) is 10.3. The minimum absolute atomic E-state index is 0. The van der Waals surface area contributed by atoms with E-state index >= 15 is 0 Å². The quantitative estimate of drug-likeness (QED) is 0.538. The van der Waals surface area contributed by atoms with Crippen molar-refractivity contribution in [1.82, 2.24) is 0 Å². The van der Waals surface area contributed by atoms with Crippen LogP contribution >= 0.6 is 0 Å². The van der Waals surface area contributed by atoms with Crippen LogP contribution < -0.4 is 0 Å². The molecule has 0 unspecified atom stereocenters. The van der Waals surface area contributed by atoms with Gasteiger partial charge in [-0.3, -0.25) is 0 Å². The Hall–Kier alpha value is -0.791. The molecule has 2 rings (SSSR count). The maximum Gasteiger partial charge on any atom is 0.322 e. The van der Waals surface area contributed by atoms with Crippen LogP contribution in [0.3, 0.4) is 0 Å². The molecule has 3 heteroatoms. The molecule has 1 aromatic rings. The molecule has 1 aliphatic rings. The van der Waals surface area contributed by atoms with Crippen LogP contribution in [0.25, 0.3) is 0 Å². The summed E-state index contributed by atoms with van der Waals surface area (Å²) < 4.78 is 1.34. The molecule has 0 fully saturated rings. The third-order valence-electron chi connectivity index (χ3n) is 1.73. The smallest absolute Gasteiger partial charge is 0.147 e. The minimum Gasteiger partial charge on any atom is -0.147 e. The van der Waals surface area contributed by atoms with Gasteiger partial charge in [-0.1, -0.05) is 9.79 Å². The monoisotopic (exact) mass is 349 g/mol. The molecule has 0 amide bonds. The number of benzene rings is 1. The third-order valence-corrected chi connectivity index (χ3v) is 1.73. The van der Waals surface area contributed by atoms with E-state index in [4.69, 9.17) is 7.05 Å². The van der Waals surface area contributed by atoms with Gasteiger partial charge in [-0.2, -0.15) is 0 Å². The largest absolute Gasteiger partial charge is 0.322 e. The first-order valence-electron chi connectivity index (χ1n) is 3.78. The van der Waals surface area contributed by atoms with Crippen molar-refractivity contribution >= 4 is 11.9 Å². The standard InChI is InChI=1S/C10H8N2.Ir/c1-12-8-7-10(11-12)9-5-3-2-4-6-9;/h1-5,8H,7H2;. The summed E-state index contributed by atoms with van der Waals surface area (Å²) in [6, 6.07) is 10.8. The Morgan fingerprint density at radius 1 is 1.46 bits per heavy atom. The van der Waals surface area contributed by atoms with Gasteiger partial charge in [-0.25, -0.2) is 0 Å². The molecule has 1 aromatic carbocycles. The first-order chi connectivity index (χ1) is 5.86. The zero-order chi connectivity index (χ0) is 8.39. The predicted molar refractivity (Wildman–Crippen MR) is 47.1 cm³/mol. The van der Waals surface area contributed by atoms with Gasteiger partial charge in [0.15, 0.2) is 6.21 Å². The second kappa shape index (κ2) is 4.45. The molecule has 13 heavy (non-hydrogen) atoms. The summed E-state index contributed by atoms with van der Waals surface area (Å²) >= 11 is 0. The number of rotatable bonds is 1. The fourth-order valence-corrected chi connectivity index (χ4v) is 1.14. The maximum absolute atomic E-state index is 5.44. The van der Waals surface area contributed by atoms with Crippen LogP contribution in [0.15, 0.2) is 29.4 Å². The molecule has 0 saturated heterocycles. The van der Waals surface area contributed by atoms with E-state index in [1.165, 1.54) is 4.68 Å². The fourth-order valence-electron chi connectivity index (χ4n) is 1.14. The van der Waals surface area contributed by atoms with Crippen molar-refractivity contribution in [1.29, 1.82) is 0 Å². The van der Waals surface area contributed by atoms with Crippen LogP contribution in [0.5, 0.6) is 0 Å². The van der Waals surface area contributed by atoms with Gasteiger partial charge in [0.2, 0.25) is 0 Å². The zero-order valence-corrected chi connectivity index (χ0v) is 9.29. The molecule has 67 valence electrons. The van der Waals surface area contributed by atoms with E-state index in [-0.39, 0.29) is 20.1 Å². The van der Waals surface area contributed by atoms with Crippen LogP contribution in [-0.4, -0.2) is 16.6 Å². The van der Waals surface area contributed by atoms with E-state index in [1.807, 2.05) is 30.5 Å². The second-order valence-electron chi connectivity index (χ2n) is 2.59. The molecular formula is C10H8IrN2. The van der Waals surface area contributed by atoms with Gasteiger partial charge in [0.25, 0.3) is 0 Å². The topological polar surface area (TPSA) is 15.4 Å². The van der Waals surface area contributed by atoms with Crippen molar-refractivity contribution in [2.75, 3.05) is 0 Å². The summed E-state index contributed by atoms with van der Waals surface area (Å²) in [4.78, 5) is 0. The van der Waals surface area contributed by atoms with Crippen molar-refractivity contribution in [3.8, 4) is 0 Å². The number of nitrogens with zero attached hydrogens (tertiary/aromatic N) is 2. The molecule has 1 aliphatic heterocycles. The SMILES string of the molecule is [CH][N+]1=CCC(c2[c-]cccc2)=N1.[Ir]. The average molecular weight is 348 g/mol. The summed E-state index contributed by atoms with van der Waals surface area (Å²) in [6.45, 7) is 0. The second-order valence-corrected chi connectivity index (χ2v) is 2.59. The predicted octanol–water partition coefficient (Wildman–Crippen LogP) is 1.34. The molecule has 0 aliphatic carbocycles. The normalized spacial score (nSPS) is 14.5. The molecule has 0 saturated carbocycles.